The lowest BCUT2D eigenvalue weighted by Gasteiger charge is -2.41. The Morgan fingerprint density at radius 1 is 1.21 bits per heavy atom. The predicted octanol–water partition coefficient (Wildman–Crippen LogP) is 1.59. The van der Waals surface area contributed by atoms with E-state index in [0.29, 0.717) is 5.75 Å². The molecule has 0 amide bonds. The molecule has 19 heavy (non-hydrogen) atoms. The number of hydrogen-bond acceptors (Lipinski definition) is 4. The second-order valence-corrected chi connectivity index (χ2v) is 5.68. The van der Waals surface area contributed by atoms with Crippen LogP contribution in [-0.4, -0.2) is 48.4 Å². The molecule has 1 heterocycles. The van der Waals surface area contributed by atoms with E-state index < -0.39 is 0 Å². The summed E-state index contributed by atoms with van der Waals surface area (Å²) in [6.07, 6.45) is 0. The fraction of sp³-hybridized carbons (Fsp3) is 0.600. The minimum Gasteiger partial charge on any atom is -0.508 e. The molecule has 1 fully saturated rings. The van der Waals surface area contributed by atoms with Crippen LogP contribution in [0.15, 0.2) is 24.3 Å². The number of nitrogens with zero attached hydrogens (tertiary/aromatic N) is 1. The maximum absolute atomic E-state index is 9.24. The minimum atomic E-state index is 0.140. The summed E-state index contributed by atoms with van der Waals surface area (Å²) in [7, 11) is 0. The van der Waals surface area contributed by atoms with Gasteiger partial charge in [0.2, 0.25) is 0 Å². The summed E-state index contributed by atoms with van der Waals surface area (Å²) in [6.45, 7) is 9.98. The standard InChI is InChI=1S/C15H24N2O2/c1-15(2,17-7-9-19-10-8-17)12-16-11-13-3-5-14(18)6-4-13/h3-6,16,18H,7-12H2,1-2H3. The first-order valence-electron chi connectivity index (χ1n) is 6.89. The van der Waals surface area contributed by atoms with Gasteiger partial charge in [-0.1, -0.05) is 12.1 Å². The van der Waals surface area contributed by atoms with Crippen LogP contribution in [0.25, 0.3) is 0 Å². The third-order valence-electron chi connectivity index (χ3n) is 3.69. The molecule has 0 unspecified atom stereocenters. The molecule has 0 bridgehead atoms. The lowest BCUT2D eigenvalue weighted by atomic mass is 10.0. The smallest absolute Gasteiger partial charge is 0.115 e. The van der Waals surface area contributed by atoms with Gasteiger partial charge < -0.3 is 15.2 Å². The van der Waals surface area contributed by atoms with Crippen molar-refractivity contribution >= 4 is 0 Å². The highest BCUT2D eigenvalue weighted by atomic mass is 16.5. The quantitative estimate of drug-likeness (QED) is 0.848. The predicted molar refractivity (Wildman–Crippen MR) is 76.3 cm³/mol. The molecule has 106 valence electrons. The van der Waals surface area contributed by atoms with E-state index in [-0.39, 0.29) is 5.54 Å². The van der Waals surface area contributed by atoms with E-state index >= 15 is 0 Å². The lowest BCUT2D eigenvalue weighted by molar-refractivity contribution is -0.00966. The van der Waals surface area contributed by atoms with E-state index in [1.54, 1.807) is 12.1 Å². The Morgan fingerprint density at radius 2 is 1.84 bits per heavy atom. The van der Waals surface area contributed by atoms with E-state index in [9.17, 15) is 5.11 Å². The highest BCUT2D eigenvalue weighted by molar-refractivity contribution is 5.25. The van der Waals surface area contributed by atoms with E-state index in [0.717, 1.165) is 39.4 Å². The van der Waals surface area contributed by atoms with E-state index in [1.165, 1.54) is 5.56 Å². The normalized spacial score (nSPS) is 17.6. The summed E-state index contributed by atoms with van der Waals surface area (Å²) in [4.78, 5) is 2.47. The van der Waals surface area contributed by atoms with Crippen LogP contribution in [0.2, 0.25) is 0 Å². The molecule has 0 spiro atoms. The van der Waals surface area contributed by atoms with Gasteiger partial charge in [0.1, 0.15) is 5.75 Å². The molecule has 0 saturated carbocycles. The van der Waals surface area contributed by atoms with Crippen LogP contribution in [0, 0.1) is 0 Å². The number of benzene rings is 1. The summed E-state index contributed by atoms with van der Waals surface area (Å²) >= 11 is 0. The van der Waals surface area contributed by atoms with Crippen molar-refractivity contribution in [3.8, 4) is 5.75 Å². The van der Waals surface area contributed by atoms with Crippen LogP contribution >= 0.6 is 0 Å². The summed E-state index contributed by atoms with van der Waals surface area (Å²) < 4.78 is 5.39. The molecule has 0 radical (unpaired) electrons. The van der Waals surface area contributed by atoms with Crippen LogP contribution < -0.4 is 5.32 Å². The Labute approximate surface area is 115 Å². The SMILES string of the molecule is CC(C)(CNCc1ccc(O)cc1)N1CCOCC1. The second kappa shape index (κ2) is 6.37. The molecule has 1 aliphatic rings. The zero-order valence-electron chi connectivity index (χ0n) is 11.9. The number of phenols is 1. The van der Waals surface area contributed by atoms with Crippen LogP contribution in [0.5, 0.6) is 5.75 Å². The van der Waals surface area contributed by atoms with Crippen molar-refractivity contribution in [1.29, 1.82) is 0 Å². The van der Waals surface area contributed by atoms with E-state index in [4.69, 9.17) is 4.74 Å². The Bertz CT molecular complexity index is 384. The highest BCUT2D eigenvalue weighted by Gasteiger charge is 2.27. The van der Waals surface area contributed by atoms with Gasteiger partial charge in [-0.15, -0.1) is 0 Å². The second-order valence-electron chi connectivity index (χ2n) is 5.68. The average molecular weight is 264 g/mol. The zero-order chi connectivity index (χ0) is 13.7. The highest BCUT2D eigenvalue weighted by Crippen LogP contribution is 2.15. The van der Waals surface area contributed by atoms with Crippen LogP contribution in [0.1, 0.15) is 19.4 Å². The first-order chi connectivity index (χ1) is 9.08. The van der Waals surface area contributed by atoms with Crippen molar-refractivity contribution < 1.29 is 9.84 Å². The Kier molecular flexibility index (Phi) is 4.80. The first-order valence-corrected chi connectivity index (χ1v) is 6.89. The summed E-state index contributed by atoms with van der Waals surface area (Å²) in [5.41, 5.74) is 1.33. The third-order valence-corrected chi connectivity index (χ3v) is 3.69. The molecule has 1 aromatic rings. The van der Waals surface area contributed by atoms with Gasteiger partial charge in [0.05, 0.1) is 13.2 Å². The van der Waals surface area contributed by atoms with Crippen molar-refractivity contribution in [3.63, 3.8) is 0 Å². The van der Waals surface area contributed by atoms with E-state index in [1.807, 2.05) is 12.1 Å². The maximum Gasteiger partial charge on any atom is 0.115 e. The topological polar surface area (TPSA) is 44.7 Å². The number of ether oxygens (including phenoxy) is 1. The Balaban J connectivity index is 1.78. The molecule has 0 aliphatic carbocycles. The number of phenolic OH excluding ortho intramolecular Hbond substituents is 1. The molecule has 2 rings (SSSR count). The van der Waals surface area contributed by atoms with Gasteiger partial charge in [-0.05, 0) is 31.5 Å². The molecular weight excluding hydrogens is 240 g/mol. The molecule has 1 aliphatic heterocycles. The number of aromatic hydroxyl groups is 1. The van der Waals surface area contributed by atoms with Gasteiger partial charge in [-0.3, -0.25) is 4.90 Å². The third kappa shape index (κ3) is 4.20. The summed E-state index contributed by atoms with van der Waals surface area (Å²) in [6, 6.07) is 7.35. The number of rotatable bonds is 5. The number of hydrogen-bond donors (Lipinski definition) is 2. The molecular formula is C15H24N2O2. The minimum absolute atomic E-state index is 0.140. The van der Waals surface area contributed by atoms with Crippen molar-refractivity contribution in [2.75, 3.05) is 32.8 Å². The van der Waals surface area contributed by atoms with Crippen molar-refractivity contribution in [2.24, 2.45) is 0 Å². The summed E-state index contributed by atoms with van der Waals surface area (Å²) in [5.74, 6) is 0.317. The number of nitrogens with one attached hydrogen (secondary N) is 1. The zero-order valence-corrected chi connectivity index (χ0v) is 11.9. The van der Waals surface area contributed by atoms with Gasteiger partial charge in [0.25, 0.3) is 0 Å². The molecule has 0 atom stereocenters. The van der Waals surface area contributed by atoms with Gasteiger partial charge >= 0.3 is 0 Å². The fourth-order valence-corrected chi connectivity index (χ4v) is 2.41. The van der Waals surface area contributed by atoms with E-state index in [2.05, 4.69) is 24.1 Å². The monoisotopic (exact) mass is 264 g/mol. The van der Waals surface area contributed by atoms with Crippen LogP contribution in [0.4, 0.5) is 0 Å². The molecule has 4 nitrogen and oxygen atoms in total. The molecule has 2 N–H and O–H groups in total. The number of morpholine rings is 1. The average Bonchev–Trinajstić information content (AvgIpc) is 2.42. The van der Waals surface area contributed by atoms with Gasteiger partial charge in [0.15, 0.2) is 0 Å². The summed E-state index contributed by atoms with van der Waals surface area (Å²) in [5, 5.41) is 12.7. The maximum atomic E-state index is 9.24. The van der Waals surface area contributed by atoms with Crippen molar-refractivity contribution in [1.82, 2.24) is 10.2 Å². The van der Waals surface area contributed by atoms with Gasteiger partial charge in [-0.2, -0.15) is 0 Å². The van der Waals surface area contributed by atoms with Gasteiger partial charge in [0, 0.05) is 31.7 Å². The lowest BCUT2D eigenvalue weighted by Crippen LogP contribution is -2.54. The fourth-order valence-electron chi connectivity index (χ4n) is 2.41. The van der Waals surface area contributed by atoms with Crippen molar-refractivity contribution in [3.05, 3.63) is 29.8 Å². The molecule has 4 heteroatoms. The first kappa shape index (κ1) is 14.3. The van der Waals surface area contributed by atoms with Crippen LogP contribution in [0.3, 0.4) is 0 Å². The molecule has 0 aromatic heterocycles. The van der Waals surface area contributed by atoms with Crippen molar-refractivity contribution in [2.45, 2.75) is 25.9 Å². The Hall–Kier alpha value is -1.10. The molecule has 1 aromatic carbocycles. The van der Waals surface area contributed by atoms with Crippen LogP contribution in [-0.2, 0) is 11.3 Å². The molecule has 1 saturated heterocycles. The Morgan fingerprint density at radius 3 is 2.47 bits per heavy atom. The van der Waals surface area contributed by atoms with Gasteiger partial charge in [-0.25, -0.2) is 0 Å². The largest absolute Gasteiger partial charge is 0.508 e.